The number of phenolic OH excluding ortho intramolecular Hbond substituents is 1. The van der Waals surface area contributed by atoms with Gasteiger partial charge in [-0.05, 0) is 87.7 Å². The van der Waals surface area contributed by atoms with Gasteiger partial charge in [-0.1, -0.05) is 18.7 Å². The van der Waals surface area contributed by atoms with Crippen LogP contribution in [0.15, 0.2) is 54.7 Å². The zero-order valence-corrected chi connectivity index (χ0v) is 26.0. The van der Waals surface area contributed by atoms with Crippen LogP contribution in [0.25, 0.3) is 21.7 Å². The molecule has 2 aliphatic carbocycles. The summed E-state index contributed by atoms with van der Waals surface area (Å²) in [4.78, 5) is 20.3. The molecule has 1 spiro atoms. The van der Waals surface area contributed by atoms with Crippen molar-refractivity contribution in [2.45, 2.75) is 63.4 Å². The van der Waals surface area contributed by atoms with E-state index in [1.54, 1.807) is 23.6 Å². The number of nitrogens with zero attached hydrogens (tertiary/aromatic N) is 3. The van der Waals surface area contributed by atoms with Crippen molar-refractivity contribution >= 4 is 28.4 Å². The quantitative estimate of drug-likeness (QED) is 0.228. The summed E-state index contributed by atoms with van der Waals surface area (Å²) in [6.07, 6.45) is 7.95. The number of phenols is 1. The third kappa shape index (κ3) is 3.63. The largest absolute Gasteiger partial charge is 0.504 e. The van der Waals surface area contributed by atoms with E-state index >= 15 is 0 Å². The Bertz CT molecular complexity index is 1910. The number of fused-ring (bicyclic) bond motifs is 1. The number of carbonyl (C=O) groups excluding carboxylic acids is 1. The molecule has 5 atom stereocenters. The van der Waals surface area contributed by atoms with E-state index in [1.807, 2.05) is 50.6 Å². The fourth-order valence-corrected chi connectivity index (χ4v) is 9.03. The number of aliphatic hydroxyl groups excluding tert-OH is 1. The number of carbonyl (C=O) groups is 1. The molecule has 0 radical (unpaired) electrons. The highest BCUT2D eigenvalue weighted by Crippen LogP contribution is 2.63. The summed E-state index contributed by atoms with van der Waals surface area (Å²) in [6, 6.07) is 5.87. The molecule has 4 aromatic rings. The van der Waals surface area contributed by atoms with Crippen LogP contribution in [-0.2, 0) is 16.6 Å². The van der Waals surface area contributed by atoms with Gasteiger partial charge in [-0.25, -0.2) is 9.78 Å². The lowest BCUT2D eigenvalue weighted by atomic mass is 9.53. The van der Waals surface area contributed by atoms with Gasteiger partial charge in [0.05, 0.1) is 17.4 Å². The van der Waals surface area contributed by atoms with Crippen LogP contribution in [0.3, 0.4) is 0 Å². The Labute approximate surface area is 259 Å². The number of benzene rings is 1. The summed E-state index contributed by atoms with van der Waals surface area (Å²) in [5, 5.41) is 25.4. The third-order valence-electron chi connectivity index (χ3n) is 10.3. The van der Waals surface area contributed by atoms with Crippen LogP contribution >= 0.6 is 11.3 Å². The van der Waals surface area contributed by atoms with Crippen LogP contribution in [0.1, 0.15) is 58.6 Å². The smallest absolute Gasteiger partial charge is 0.338 e. The summed E-state index contributed by atoms with van der Waals surface area (Å²) in [7, 11) is 2.17. The van der Waals surface area contributed by atoms with Gasteiger partial charge in [-0.15, -0.1) is 11.3 Å². The molecule has 226 valence electrons. The van der Waals surface area contributed by atoms with E-state index in [2.05, 4.69) is 34.0 Å². The number of ether oxygens (including phenoxy) is 2. The predicted octanol–water partition coefficient (Wildman–Crippen LogP) is 5.51. The lowest BCUT2D eigenvalue weighted by Crippen LogP contribution is -2.64. The van der Waals surface area contributed by atoms with Crippen LogP contribution < -0.4 is 4.74 Å². The van der Waals surface area contributed by atoms with Gasteiger partial charge in [0.25, 0.3) is 0 Å². The van der Waals surface area contributed by atoms with E-state index < -0.39 is 17.6 Å². The van der Waals surface area contributed by atoms with Gasteiger partial charge in [0, 0.05) is 51.8 Å². The summed E-state index contributed by atoms with van der Waals surface area (Å²) in [6.45, 7) is 11.1. The van der Waals surface area contributed by atoms with E-state index in [0.717, 1.165) is 63.4 Å². The van der Waals surface area contributed by atoms with Crippen LogP contribution in [0.5, 0.6) is 11.5 Å². The number of likely N-dealkylation sites (tertiary alicyclic amines) is 1. The first-order chi connectivity index (χ1) is 21.1. The van der Waals surface area contributed by atoms with E-state index in [9.17, 15) is 15.0 Å². The van der Waals surface area contributed by atoms with Crippen molar-refractivity contribution in [3.8, 4) is 22.1 Å². The molecular formula is C35H35N3O5S. The van der Waals surface area contributed by atoms with Crippen molar-refractivity contribution < 1.29 is 24.5 Å². The zero-order chi connectivity index (χ0) is 30.7. The first-order valence-corrected chi connectivity index (χ1v) is 16.1. The topological polar surface area (TPSA) is 96.5 Å². The summed E-state index contributed by atoms with van der Waals surface area (Å²) in [5.41, 5.74) is 6.97. The predicted molar refractivity (Wildman–Crippen MR) is 170 cm³/mol. The maximum atomic E-state index is 13.4. The first kappa shape index (κ1) is 27.6. The number of likely N-dealkylation sites (N-methyl/N-ethyl adjacent to an activating group) is 1. The van der Waals surface area contributed by atoms with Crippen molar-refractivity contribution in [2.24, 2.45) is 5.92 Å². The van der Waals surface area contributed by atoms with Crippen molar-refractivity contribution in [3.05, 3.63) is 88.2 Å². The van der Waals surface area contributed by atoms with E-state index in [4.69, 9.17) is 9.47 Å². The molecule has 2 N–H and O–H groups in total. The zero-order valence-electron chi connectivity index (χ0n) is 25.2. The normalized spacial score (nSPS) is 26.6. The Hall–Kier alpha value is -3.92. The number of piperidine rings is 1. The van der Waals surface area contributed by atoms with Crippen molar-refractivity contribution in [3.63, 3.8) is 0 Å². The molecule has 44 heavy (non-hydrogen) atoms. The summed E-state index contributed by atoms with van der Waals surface area (Å²) >= 11 is 1.56. The maximum absolute atomic E-state index is 13.4. The van der Waals surface area contributed by atoms with E-state index in [0.29, 0.717) is 16.9 Å². The minimum atomic E-state index is -0.755. The monoisotopic (exact) mass is 609 g/mol. The second kappa shape index (κ2) is 9.54. The van der Waals surface area contributed by atoms with Gasteiger partial charge in [0.15, 0.2) is 11.5 Å². The molecule has 0 amide bonds. The highest BCUT2D eigenvalue weighted by atomic mass is 32.1. The van der Waals surface area contributed by atoms with Gasteiger partial charge in [-0.2, -0.15) is 0 Å². The molecular weight excluding hydrogens is 574 g/mol. The first-order valence-electron chi connectivity index (χ1n) is 15.2. The number of aromatic hydroxyl groups is 1. The number of thiazole rings is 1. The van der Waals surface area contributed by atoms with Crippen molar-refractivity contribution in [2.75, 3.05) is 13.6 Å². The number of hydrogen-bond acceptors (Lipinski definition) is 8. The SMILES string of the molecule is C=C(c1cc(O)c2c3c1C[C@@H]1[C@@H]4C=C[C@H](O)[C@H](O2)[C@]34CCN1C)c1c(C)c(C(=O)OC(C)C)cc2cc(-c3nccs3)cn12. The van der Waals surface area contributed by atoms with E-state index in [-0.39, 0.29) is 29.8 Å². The van der Waals surface area contributed by atoms with Crippen molar-refractivity contribution in [1.29, 1.82) is 0 Å². The molecule has 3 aromatic heterocycles. The Morgan fingerprint density at radius 1 is 1.25 bits per heavy atom. The highest BCUT2D eigenvalue weighted by Gasteiger charge is 2.64. The van der Waals surface area contributed by atoms with Crippen LogP contribution in [0, 0.1) is 12.8 Å². The average molecular weight is 610 g/mol. The lowest BCUT2D eigenvalue weighted by molar-refractivity contribution is -0.0453. The fourth-order valence-electron chi connectivity index (χ4n) is 8.41. The number of pyridine rings is 1. The Balaban J connectivity index is 1.36. The van der Waals surface area contributed by atoms with Gasteiger partial charge in [0.1, 0.15) is 17.2 Å². The highest BCUT2D eigenvalue weighted by molar-refractivity contribution is 7.13. The molecule has 1 saturated heterocycles. The molecule has 4 aliphatic rings. The minimum absolute atomic E-state index is 0.0484. The molecule has 9 heteroatoms. The number of esters is 1. The van der Waals surface area contributed by atoms with Crippen LogP contribution in [-0.4, -0.2) is 68.4 Å². The number of aliphatic hydroxyl groups is 1. The molecule has 5 heterocycles. The lowest BCUT2D eigenvalue weighted by Gasteiger charge is -2.56. The van der Waals surface area contributed by atoms with Crippen molar-refractivity contribution in [1.82, 2.24) is 14.3 Å². The maximum Gasteiger partial charge on any atom is 0.338 e. The number of aromatic nitrogens is 2. The van der Waals surface area contributed by atoms with Crippen LogP contribution in [0.4, 0.5) is 0 Å². The average Bonchev–Trinajstić information content (AvgIpc) is 3.73. The molecule has 8 rings (SSSR count). The molecule has 0 unspecified atom stereocenters. The second-order valence-electron chi connectivity index (χ2n) is 12.9. The molecule has 1 aromatic carbocycles. The number of hydrogen-bond donors (Lipinski definition) is 2. The van der Waals surface area contributed by atoms with Gasteiger partial charge in [-0.3, -0.25) is 0 Å². The summed E-state index contributed by atoms with van der Waals surface area (Å²) in [5.74, 6) is 0.313. The molecule has 2 bridgehead atoms. The Morgan fingerprint density at radius 2 is 2.07 bits per heavy atom. The molecule has 8 nitrogen and oxygen atoms in total. The second-order valence-corrected chi connectivity index (χ2v) is 13.8. The standard InChI is InChI=1S/C35H35N3O5S/c1-17(2)42-34(41)23-13-21-12-20(33-36-9-11-44-33)16-38(21)30(19(23)4)18(3)22-15-28(40)31-29-24(22)14-26-25-6-7-27(39)32(43-31)35(25,29)8-10-37(26)5/h6-7,9,11-13,15-17,25-27,32,39-40H,3,8,10,14H2,1-2,4-5H3/t25-,26+,27-,32-,35-/m0/s1. The molecule has 2 aliphatic heterocycles. The van der Waals surface area contributed by atoms with Gasteiger partial charge in [0.2, 0.25) is 0 Å². The minimum Gasteiger partial charge on any atom is -0.504 e. The van der Waals surface area contributed by atoms with E-state index in [1.165, 1.54) is 0 Å². The van der Waals surface area contributed by atoms with Gasteiger partial charge >= 0.3 is 5.97 Å². The molecule has 0 saturated carbocycles. The molecule has 1 fully saturated rings. The fraction of sp³-hybridized carbons (Fsp3) is 0.371. The van der Waals surface area contributed by atoms with Gasteiger partial charge < -0.3 is 29.0 Å². The Morgan fingerprint density at radius 3 is 2.82 bits per heavy atom. The third-order valence-corrected chi connectivity index (χ3v) is 11.1. The number of rotatable bonds is 5. The summed E-state index contributed by atoms with van der Waals surface area (Å²) < 4.78 is 14.2. The van der Waals surface area contributed by atoms with Crippen LogP contribution in [0.2, 0.25) is 0 Å². The Kier molecular flexibility index (Phi) is 5.99.